The minimum Gasteiger partial charge on any atom is -0.383 e. The van der Waals surface area contributed by atoms with Crippen LogP contribution in [-0.2, 0) is 11.3 Å². The molecule has 1 aromatic carbocycles. The molecular weight excluding hydrogens is 356 g/mol. The Kier molecular flexibility index (Phi) is 5.50. The Bertz CT molecular complexity index is 1010. The summed E-state index contributed by atoms with van der Waals surface area (Å²) in [4.78, 5) is 18.5. The molecule has 0 aliphatic carbocycles. The first-order valence-electron chi connectivity index (χ1n) is 9.80. The molecule has 1 aliphatic heterocycles. The number of aryl methyl sites for hydroxylation is 1. The normalized spacial score (nSPS) is 16.5. The Hall–Kier alpha value is -2.58. The molecule has 8 heteroatoms. The highest BCUT2D eigenvalue weighted by atomic mass is 16.5. The molecule has 1 saturated heterocycles. The number of fused-ring (bicyclic) bond motifs is 1. The summed E-state index contributed by atoms with van der Waals surface area (Å²) in [6.07, 6.45) is 3.44. The maximum Gasteiger partial charge on any atom is 0.253 e. The third-order valence-corrected chi connectivity index (χ3v) is 5.48. The minimum absolute atomic E-state index is 0.0846. The van der Waals surface area contributed by atoms with Gasteiger partial charge in [0.1, 0.15) is 6.04 Å². The molecule has 3 aromatic rings. The summed E-state index contributed by atoms with van der Waals surface area (Å²) in [6.45, 7) is 4.91. The number of ether oxygens (including phenoxy) is 1. The zero-order valence-corrected chi connectivity index (χ0v) is 16.4. The number of likely N-dealkylation sites (tertiary alicyclic amines) is 1. The molecule has 28 heavy (non-hydrogen) atoms. The molecule has 0 spiro atoms. The van der Waals surface area contributed by atoms with E-state index in [1.807, 2.05) is 31.2 Å². The van der Waals surface area contributed by atoms with Gasteiger partial charge in [0.15, 0.2) is 5.82 Å². The van der Waals surface area contributed by atoms with Crippen LogP contribution in [0.15, 0.2) is 29.1 Å². The molecule has 0 radical (unpaired) electrons. The lowest BCUT2D eigenvalue weighted by Gasteiger charge is -2.33. The maximum absolute atomic E-state index is 13.1. The van der Waals surface area contributed by atoms with E-state index in [9.17, 15) is 4.79 Å². The van der Waals surface area contributed by atoms with Crippen LogP contribution in [0.3, 0.4) is 0 Å². The smallest absolute Gasteiger partial charge is 0.253 e. The van der Waals surface area contributed by atoms with Crippen molar-refractivity contribution in [2.24, 2.45) is 0 Å². The first-order chi connectivity index (χ1) is 13.7. The Morgan fingerprint density at radius 3 is 2.86 bits per heavy atom. The number of hydrogen-bond donors (Lipinski definition) is 1. The van der Waals surface area contributed by atoms with Gasteiger partial charge in [-0.1, -0.05) is 24.6 Å². The molecule has 0 saturated carbocycles. The van der Waals surface area contributed by atoms with Gasteiger partial charge in [0, 0.05) is 12.7 Å². The topological polar surface area (TPSA) is 88.9 Å². The zero-order chi connectivity index (χ0) is 19.5. The van der Waals surface area contributed by atoms with Crippen molar-refractivity contribution in [3.8, 4) is 0 Å². The molecular formula is C20H26N6O2. The SMILES string of the molecule is COCCn1nnnc1[C@H](c1cc2cccc(C)c2[nH]c1=O)N1CCCCC1. The number of nitrogens with zero attached hydrogens (tertiary/aromatic N) is 5. The van der Waals surface area contributed by atoms with Crippen molar-refractivity contribution >= 4 is 10.9 Å². The average molecular weight is 382 g/mol. The largest absolute Gasteiger partial charge is 0.383 e. The number of rotatable bonds is 6. The molecule has 3 heterocycles. The Labute approximate surface area is 163 Å². The zero-order valence-electron chi connectivity index (χ0n) is 16.4. The first kappa shape index (κ1) is 18.8. The lowest BCUT2D eigenvalue weighted by atomic mass is 10.00. The Morgan fingerprint density at radius 1 is 1.25 bits per heavy atom. The van der Waals surface area contributed by atoms with Gasteiger partial charge in [0.05, 0.1) is 18.7 Å². The van der Waals surface area contributed by atoms with Crippen molar-refractivity contribution in [1.29, 1.82) is 0 Å². The fraction of sp³-hybridized carbons (Fsp3) is 0.500. The molecule has 2 aromatic heterocycles. The molecule has 1 aliphatic rings. The summed E-state index contributed by atoms with van der Waals surface area (Å²) in [6, 6.07) is 7.77. The third kappa shape index (κ3) is 3.57. The maximum atomic E-state index is 13.1. The van der Waals surface area contributed by atoms with Gasteiger partial charge >= 0.3 is 0 Å². The second kappa shape index (κ2) is 8.20. The number of aromatic amines is 1. The van der Waals surface area contributed by atoms with Crippen molar-refractivity contribution < 1.29 is 4.74 Å². The fourth-order valence-corrected chi connectivity index (χ4v) is 4.02. The number of aromatic nitrogens is 5. The van der Waals surface area contributed by atoms with Gasteiger partial charge < -0.3 is 9.72 Å². The van der Waals surface area contributed by atoms with Crippen molar-refractivity contribution in [2.75, 3.05) is 26.8 Å². The number of hydrogen-bond acceptors (Lipinski definition) is 6. The quantitative estimate of drug-likeness (QED) is 0.702. The minimum atomic E-state index is -0.277. The van der Waals surface area contributed by atoms with Crippen LogP contribution >= 0.6 is 0 Å². The number of H-pyrrole nitrogens is 1. The monoisotopic (exact) mass is 382 g/mol. The number of benzene rings is 1. The Balaban J connectivity index is 1.84. The lowest BCUT2D eigenvalue weighted by molar-refractivity contribution is 0.163. The lowest BCUT2D eigenvalue weighted by Crippen LogP contribution is -2.38. The molecule has 148 valence electrons. The summed E-state index contributed by atoms with van der Waals surface area (Å²) >= 11 is 0. The third-order valence-electron chi connectivity index (χ3n) is 5.48. The van der Waals surface area contributed by atoms with E-state index in [2.05, 4.69) is 25.4 Å². The summed E-state index contributed by atoms with van der Waals surface area (Å²) in [5.41, 5.74) is 2.54. The van der Waals surface area contributed by atoms with Crippen LogP contribution < -0.4 is 5.56 Å². The average Bonchev–Trinajstić information content (AvgIpc) is 3.17. The van der Waals surface area contributed by atoms with E-state index in [1.54, 1.807) is 11.8 Å². The van der Waals surface area contributed by atoms with E-state index in [4.69, 9.17) is 4.74 Å². The van der Waals surface area contributed by atoms with Crippen LogP contribution in [-0.4, -0.2) is 56.9 Å². The second-order valence-electron chi connectivity index (χ2n) is 7.35. The summed E-state index contributed by atoms with van der Waals surface area (Å²) in [5, 5.41) is 13.4. The summed E-state index contributed by atoms with van der Waals surface area (Å²) in [5.74, 6) is 0.691. The van der Waals surface area contributed by atoms with Gasteiger partial charge in [0.25, 0.3) is 5.56 Å². The first-order valence-corrected chi connectivity index (χ1v) is 9.80. The number of piperidine rings is 1. The molecule has 1 atom stereocenters. The van der Waals surface area contributed by atoms with Crippen LogP contribution in [0.5, 0.6) is 0 Å². The molecule has 4 rings (SSSR count). The molecule has 1 fully saturated rings. The van der Waals surface area contributed by atoms with Gasteiger partial charge in [-0.15, -0.1) is 5.10 Å². The van der Waals surface area contributed by atoms with Crippen molar-refractivity contribution in [3.05, 3.63) is 51.6 Å². The van der Waals surface area contributed by atoms with E-state index in [0.717, 1.165) is 42.4 Å². The molecule has 8 nitrogen and oxygen atoms in total. The van der Waals surface area contributed by atoms with Gasteiger partial charge in [-0.05, 0) is 60.3 Å². The van der Waals surface area contributed by atoms with E-state index < -0.39 is 0 Å². The van der Waals surface area contributed by atoms with Crippen LogP contribution in [0.2, 0.25) is 0 Å². The van der Waals surface area contributed by atoms with E-state index >= 15 is 0 Å². The van der Waals surface area contributed by atoms with E-state index in [1.165, 1.54) is 6.42 Å². The highest BCUT2D eigenvalue weighted by molar-refractivity contribution is 5.82. The van der Waals surface area contributed by atoms with Crippen LogP contribution in [0.1, 0.15) is 42.3 Å². The summed E-state index contributed by atoms with van der Waals surface area (Å²) < 4.78 is 6.95. The number of tetrazole rings is 1. The molecule has 0 amide bonds. The van der Waals surface area contributed by atoms with E-state index in [-0.39, 0.29) is 11.6 Å². The number of para-hydroxylation sites is 1. The van der Waals surface area contributed by atoms with E-state index in [0.29, 0.717) is 24.5 Å². The van der Waals surface area contributed by atoms with Crippen molar-refractivity contribution in [2.45, 2.75) is 38.8 Å². The van der Waals surface area contributed by atoms with Crippen molar-refractivity contribution in [1.82, 2.24) is 30.1 Å². The van der Waals surface area contributed by atoms with Crippen LogP contribution in [0.25, 0.3) is 10.9 Å². The van der Waals surface area contributed by atoms with Crippen LogP contribution in [0.4, 0.5) is 0 Å². The molecule has 1 N–H and O–H groups in total. The van der Waals surface area contributed by atoms with Crippen LogP contribution in [0, 0.1) is 6.92 Å². The number of methoxy groups -OCH3 is 1. The van der Waals surface area contributed by atoms with Gasteiger partial charge in [-0.25, -0.2) is 4.68 Å². The second-order valence-corrected chi connectivity index (χ2v) is 7.35. The number of pyridine rings is 1. The molecule has 0 bridgehead atoms. The van der Waals surface area contributed by atoms with Gasteiger partial charge in [-0.3, -0.25) is 9.69 Å². The number of nitrogens with one attached hydrogen (secondary N) is 1. The predicted octanol–water partition coefficient (Wildman–Crippen LogP) is 2.04. The van der Waals surface area contributed by atoms with Gasteiger partial charge in [0.2, 0.25) is 0 Å². The highest BCUT2D eigenvalue weighted by Gasteiger charge is 2.31. The molecule has 0 unspecified atom stereocenters. The fourth-order valence-electron chi connectivity index (χ4n) is 4.02. The summed E-state index contributed by atoms with van der Waals surface area (Å²) in [7, 11) is 1.66. The van der Waals surface area contributed by atoms with Gasteiger partial charge in [-0.2, -0.15) is 0 Å². The standard InChI is InChI=1S/C20H26N6O2/c1-14-7-6-8-15-13-16(20(27)21-17(14)15)18(25-9-4-3-5-10-25)19-22-23-24-26(19)11-12-28-2/h6-8,13,18H,3-5,9-12H2,1-2H3,(H,21,27)/t18-/m0/s1. The van der Waals surface area contributed by atoms with Crippen molar-refractivity contribution in [3.63, 3.8) is 0 Å². The Morgan fingerprint density at radius 2 is 2.07 bits per heavy atom. The highest BCUT2D eigenvalue weighted by Crippen LogP contribution is 2.29. The predicted molar refractivity (Wildman–Crippen MR) is 106 cm³/mol.